The van der Waals surface area contributed by atoms with Crippen LogP contribution in [-0.4, -0.2) is 61.0 Å². The van der Waals surface area contributed by atoms with Crippen LogP contribution in [0, 0.1) is 5.92 Å². The topological polar surface area (TPSA) is 44.7 Å². The van der Waals surface area contributed by atoms with Gasteiger partial charge in [-0.25, -0.2) is 0 Å². The Morgan fingerprint density at radius 2 is 1.81 bits per heavy atom. The van der Waals surface area contributed by atoms with Gasteiger partial charge in [0, 0.05) is 19.1 Å². The molecule has 2 atom stereocenters. The molecule has 126 valence electrons. The predicted molar refractivity (Wildman–Crippen MR) is 88.6 cm³/mol. The SMILES string of the molecule is CCN(CC)CC(C)NCC(O)COC1CCC(C)CC1. The molecule has 0 aromatic rings. The van der Waals surface area contributed by atoms with Crippen LogP contribution in [0.3, 0.4) is 0 Å². The lowest BCUT2D eigenvalue weighted by molar-refractivity contribution is -0.0284. The van der Waals surface area contributed by atoms with Gasteiger partial charge in [0.15, 0.2) is 0 Å². The van der Waals surface area contributed by atoms with Gasteiger partial charge in [-0.05, 0) is 51.6 Å². The van der Waals surface area contributed by atoms with Gasteiger partial charge >= 0.3 is 0 Å². The van der Waals surface area contributed by atoms with Crippen molar-refractivity contribution >= 4 is 0 Å². The minimum absolute atomic E-state index is 0.365. The van der Waals surface area contributed by atoms with Crippen LogP contribution in [0.25, 0.3) is 0 Å². The number of ether oxygens (including phenoxy) is 1. The molecule has 1 aliphatic rings. The van der Waals surface area contributed by atoms with Crippen molar-refractivity contribution in [3.8, 4) is 0 Å². The molecular weight excluding hydrogens is 264 g/mol. The summed E-state index contributed by atoms with van der Waals surface area (Å²) in [5, 5.41) is 13.4. The fourth-order valence-electron chi connectivity index (χ4n) is 2.97. The third-order valence-electron chi connectivity index (χ3n) is 4.62. The Morgan fingerprint density at radius 1 is 1.19 bits per heavy atom. The molecule has 0 amide bonds. The first-order valence-electron chi connectivity index (χ1n) is 8.80. The van der Waals surface area contributed by atoms with Crippen LogP contribution in [0.15, 0.2) is 0 Å². The van der Waals surface area contributed by atoms with E-state index >= 15 is 0 Å². The van der Waals surface area contributed by atoms with Crippen molar-refractivity contribution in [1.82, 2.24) is 10.2 Å². The van der Waals surface area contributed by atoms with Gasteiger partial charge < -0.3 is 20.1 Å². The van der Waals surface area contributed by atoms with Gasteiger partial charge in [0.05, 0.1) is 18.8 Å². The molecule has 0 saturated heterocycles. The Labute approximate surface area is 131 Å². The Morgan fingerprint density at radius 3 is 2.38 bits per heavy atom. The number of rotatable bonds is 10. The maximum Gasteiger partial charge on any atom is 0.0897 e. The van der Waals surface area contributed by atoms with Crippen LogP contribution < -0.4 is 5.32 Å². The van der Waals surface area contributed by atoms with Crippen molar-refractivity contribution in [3.05, 3.63) is 0 Å². The summed E-state index contributed by atoms with van der Waals surface area (Å²) in [6.45, 7) is 13.1. The van der Waals surface area contributed by atoms with Gasteiger partial charge in [-0.2, -0.15) is 0 Å². The molecule has 0 spiro atoms. The number of aliphatic hydroxyl groups excluding tert-OH is 1. The molecule has 4 nitrogen and oxygen atoms in total. The molecule has 0 radical (unpaired) electrons. The molecule has 1 rings (SSSR count). The Balaban J connectivity index is 2.09. The van der Waals surface area contributed by atoms with Crippen LogP contribution in [0.2, 0.25) is 0 Å². The quantitative estimate of drug-likeness (QED) is 0.649. The molecule has 0 aliphatic heterocycles. The van der Waals surface area contributed by atoms with Crippen LogP contribution in [-0.2, 0) is 4.74 Å². The number of nitrogens with one attached hydrogen (secondary N) is 1. The predicted octanol–water partition coefficient (Wildman–Crippen LogP) is 2.26. The summed E-state index contributed by atoms with van der Waals surface area (Å²) in [4.78, 5) is 2.39. The van der Waals surface area contributed by atoms with E-state index in [1.165, 1.54) is 12.8 Å². The van der Waals surface area contributed by atoms with Crippen LogP contribution >= 0.6 is 0 Å². The number of aliphatic hydroxyl groups is 1. The van der Waals surface area contributed by atoms with E-state index in [2.05, 4.69) is 37.9 Å². The molecule has 21 heavy (non-hydrogen) atoms. The molecule has 0 bridgehead atoms. The van der Waals surface area contributed by atoms with E-state index < -0.39 is 6.10 Å². The number of hydrogen-bond donors (Lipinski definition) is 2. The average molecular weight is 300 g/mol. The lowest BCUT2D eigenvalue weighted by atomic mass is 9.89. The van der Waals surface area contributed by atoms with Crippen molar-refractivity contribution in [2.24, 2.45) is 5.92 Å². The first-order valence-corrected chi connectivity index (χ1v) is 8.80. The highest BCUT2D eigenvalue weighted by Crippen LogP contribution is 2.25. The minimum Gasteiger partial charge on any atom is -0.389 e. The van der Waals surface area contributed by atoms with Crippen molar-refractivity contribution in [1.29, 1.82) is 0 Å². The van der Waals surface area contributed by atoms with E-state index in [0.717, 1.165) is 38.4 Å². The summed E-state index contributed by atoms with van der Waals surface area (Å²) in [6.07, 6.45) is 4.80. The van der Waals surface area contributed by atoms with Crippen LogP contribution in [0.5, 0.6) is 0 Å². The van der Waals surface area contributed by atoms with Gasteiger partial charge in [-0.15, -0.1) is 0 Å². The Bertz CT molecular complexity index is 251. The lowest BCUT2D eigenvalue weighted by Gasteiger charge is -2.28. The van der Waals surface area contributed by atoms with E-state index in [-0.39, 0.29) is 0 Å². The molecule has 1 fully saturated rings. The molecular formula is C17H36N2O2. The van der Waals surface area contributed by atoms with E-state index in [0.29, 0.717) is 25.3 Å². The zero-order valence-electron chi connectivity index (χ0n) is 14.5. The van der Waals surface area contributed by atoms with Gasteiger partial charge in [0.2, 0.25) is 0 Å². The Kier molecular flexibility index (Phi) is 9.49. The number of likely N-dealkylation sites (N-methyl/N-ethyl adjacent to an activating group) is 1. The number of nitrogens with zero attached hydrogens (tertiary/aromatic N) is 1. The molecule has 0 heterocycles. The molecule has 0 aromatic carbocycles. The highest BCUT2D eigenvalue weighted by Gasteiger charge is 2.19. The third-order valence-corrected chi connectivity index (χ3v) is 4.62. The van der Waals surface area contributed by atoms with E-state index in [1.54, 1.807) is 0 Å². The second-order valence-corrected chi connectivity index (χ2v) is 6.66. The second-order valence-electron chi connectivity index (χ2n) is 6.66. The van der Waals surface area contributed by atoms with Crippen molar-refractivity contribution in [3.63, 3.8) is 0 Å². The zero-order valence-corrected chi connectivity index (χ0v) is 14.5. The molecule has 2 N–H and O–H groups in total. The smallest absolute Gasteiger partial charge is 0.0897 e. The highest BCUT2D eigenvalue weighted by molar-refractivity contribution is 4.72. The summed E-state index contributed by atoms with van der Waals surface area (Å²) < 4.78 is 5.85. The maximum absolute atomic E-state index is 10.0. The fourth-order valence-corrected chi connectivity index (χ4v) is 2.97. The van der Waals surface area contributed by atoms with Crippen LogP contribution in [0.4, 0.5) is 0 Å². The van der Waals surface area contributed by atoms with Gasteiger partial charge in [-0.1, -0.05) is 20.8 Å². The van der Waals surface area contributed by atoms with Gasteiger partial charge in [-0.3, -0.25) is 0 Å². The van der Waals surface area contributed by atoms with Gasteiger partial charge in [0.1, 0.15) is 0 Å². The van der Waals surface area contributed by atoms with Crippen LogP contribution in [0.1, 0.15) is 53.4 Å². The zero-order chi connectivity index (χ0) is 15.7. The lowest BCUT2D eigenvalue weighted by Crippen LogP contribution is -2.43. The molecule has 2 unspecified atom stereocenters. The maximum atomic E-state index is 10.0. The van der Waals surface area contributed by atoms with Gasteiger partial charge in [0.25, 0.3) is 0 Å². The average Bonchev–Trinajstić information content (AvgIpc) is 2.50. The first kappa shape index (κ1) is 18.9. The summed E-state index contributed by atoms with van der Waals surface area (Å²) in [7, 11) is 0. The fraction of sp³-hybridized carbons (Fsp3) is 1.00. The van der Waals surface area contributed by atoms with Crippen molar-refractivity contribution < 1.29 is 9.84 Å². The normalized spacial score (nSPS) is 26.0. The second kappa shape index (κ2) is 10.5. The third kappa shape index (κ3) is 8.15. The monoisotopic (exact) mass is 300 g/mol. The molecule has 4 heteroatoms. The van der Waals surface area contributed by atoms with Crippen molar-refractivity contribution in [2.75, 3.05) is 32.8 Å². The summed E-state index contributed by atoms with van der Waals surface area (Å²) in [6, 6.07) is 0.398. The van der Waals surface area contributed by atoms with Crippen molar-refractivity contribution in [2.45, 2.75) is 71.6 Å². The molecule has 0 aromatic heterocycles. The summed E-state index contributed by atoms with van der Waals surface area (Å²) in [5.74, 6) is 0.845. The largest absolute Gasteiger partial charge is 0.389 e. The standard InChI is InChI=1S/C17H36N2O2/c1-5-19(6-2)12-15(4)18-11-16(20)13-21-17-9-7-14(3)8-10-17/h14-18,20H,5-13H2,1-4H3. The Hall–Kier alpha value is -0.160. The summed E-state index contributed by atoms with van der Waals surface area (Å²) >= 11 is 0. The first-order chi connectivity index (χ1) is 10.0. The molecule has 1 aliphatic carbocycles. The minimum atomic E-state index is -0.400. The van der Waals surface area contributed by atoms with E-state index in [9.17, 15) is 5.11 Å². The van der Waals surface area contributed by atoms with E-state index in [4.69, 9.17) is 4.74 Å². The molecule has 1 saturated carbocycles. The number of hydrogen-bond acceptors (Lipinski definition) is 4. The summed E-state index contributed by atoms with van der Waals surface area (Å²) in [5.41, 5.74) is 0. The van der Waals surface area contributed by atoms with E-state index in [1.807, 2.05) is 0 Å². The highest BCUT2D eigenvalue weighted by atomic mass is 16.5.